The highest BCUT2D eigenvalue weighted by Crippen LogP contribution is 2.31. The largest absolute Gasteiger partial charge is 0.497 e. The second-order valence-electron chi connectivity index (χ2n) is 22.0. The molecule has 0 bridgehead atoms. The van der Waals surface area contributed by atoms with Crippen LogP contribution in [-0.4, -0.2) is 119 Å². The van der Waals surface area contributed by atoms with E-state index < -0.39 is 53.1 Å². The van der Waals surface area contributed by atoms with Gasteiger partial charge in [0.2, 0.25) is 11.8 Å². The van der Waals surface area contributed by atoms with E-state index in [0.29, 0.717) is 50.4 Å². The van der Waals surface area contributed by atoms with Crippen molar-refractivity contribution in [2.24, 2.45) is 23.5 Å². The van der Waals surface area contributed by atoms with E-state index in [1.54, 1.807) is 54.3 Å². The first-order valence-electron chi connectivity index (χ1n) is 28.1. The topological polar surface area (TPSA) is 276 Å². The Morgan fingerprint density at radius 2 is 0.953 bits per heavy atom. The average molecular weight is 1220 g/mol. The molecule has 18 nitrogen and oxygen atoms in total. The first-order valence-corrected chi connectivity index (χ1v) is 29.8. The number of amides is 2. The number of ketones is 5. The molecule has 2 aromatic heterocycles. The molecule has 6 aromatic rings. The van der Waals surface area contributed by atoms with E-state index in [4.69, 9.17) is 29.8 Å². The summed E-state index contributed by atoms with van der Waals surface area (Å²) in [6, 6.07) is 31.4. The number of thiazole rings is 2. The molecule has 8 rings (SSSR count). The number of benzene rings is 4. The Balaban J connectivity index is 0.000000272. The lowest BCUT2D eigenvalue weighted by Crippen LogP contribution is -2.50. The van der Waals surface area contributed by atoms with Crippen LogP contribution in [0.2, 0.25) is 0 Å². The van der Waals surface area contributed by atoms with E-state index in [1.807, 2.05) is 123 Å². The molecule has 8 atom stereocenters. The minimum atomic E-state index is -0.917. The van der Waals surface area contributed by atoms with Crippen molar-refractivity contribution in [2.45, 2.75) is 136 Å². The smallest absolute Gasteiger partial charge is 0.308 e. The molecule has 0 radical (unpaired) electrons. The number of hydrogen-bond donors (Lipinski definition) is 4. The number of epoxide rings is 2. The molecule has 4 heterocycles. The molecular formula is C66H81N5O13S2. The molecule has 0 saturated carbocycles. The number of carbonyl (C=O) groups excluding carboxylic acids is 7. The predicted molar refractivity (Wildman–Crippen MR) is 330 cm³/mol. The third-order valence-electron chi connectivity index (χ3n) is 14.6. The van der Waals surface area contributed by atoms with Crippen molar-refractivity contribution < 1.29 is 62.4 Å². The number of carbonyl (C=O) groups is 8. The molecular weight excluding hydrogens is 1130 g/mol. The predicted octanol–water partition coefficient (Wildman–Crippen LogP) is 8.46. The molecule has 20 heteroatoms. The maximum absolute atomic E-state index is 13.8. The third-order valence-corrected chi connectivity index (χ3v) is 16.4. The Kier molecular flexibility index (Phi) is 26.3. The second-order valence-corrected chi connectivity index (χ2v) is 24.6. The van der Waals surface area contributed by atoms with E-state index in [9.17, 15) is 38.4 Å². The standard InChI is InChI=1S/C33H38N2O6S.C26H32N2O5.C6H7NO2S.CH4/c1-21(14-26(36)18-28-19-34-22(2)42-28)30(37)17-25(15-24-10-12-27(40-4)13-11-24)32(39)35-29(31(38)33(3)20-41-33)16-23-8-6-5-7-9-23;1-17(27)23(29)15-20(13-19-9-11-21(32-3)12-10-19)25(31)28-22(24(30)26(2)16-33-26)14-18-7-5-4-6-8-18;1-4-7-3-5(10-4)2-6(8)9;/h5-13,19,21,25,29H,14-18,20H2,1-4H3,(H,35,39);4-12,17,20,22H,13-16,27H2,1-3H3,(H,28,31);3H,2H2,1H3,(H,8,9);1H4/t21-,25-,29+,33?;17-,20+,22-,26?;;/m10../s1. The Labute approximate surface area is 512 Å². The zero-order valence-electron chi connectivity index (χ0n) is 49.4. The second kappa shape index (κ2) is 32.8. The van der Waals surface area contributed by atoms with Gasteiger partial charge >= 0.3 is 5.97 Å². The van der Waals surface area contributed by atoms with Gasteiger partial charge in [0.1, 0.15) is 40.1 Å². The third kappa shape index (κ3) is 22.0. The van der Waals surface area contributed by atoms with Crippen LogP contribution in [0.3, 0.4) is 0 Å². The first-order chi connectivity index (χ1) is 40.5. The maximum Gasteiger partial charge on any atom is 0.308 e. The van der Waals surface area contributed by atoms with Crippen molar-refractivity contribution in [1.82, 2.24) is 20.6 Å². The van der Waals surface area contributed by atoms with Crippen LogP contribution in [0.15, 0.2) is 122 Å². The fourth-order valence-corrected chi connectivity index (χ4v) is 10.9. The quantitative estimate of drug-likeness (QED) is 0.0308. The summed E-state index contributed by atoms with van der Waals surface area (Å²) in [6.45, 7) is 11.2. The van der Waals surface area contributed by atoms with Crippen LogP contribution in [0.25, 0.3) is 0 Å². The number of nitrogens with zero attached hydrogens (tertiary/aromatic N) is 2. The molecule has 2 aliphatic heterocycles. The number of Topliss-reactive ketones (excluding diaryl/α,β-unsaturated/α-hetero) is 5. The van der Waals surface area contributed by atoms with Gasteiger partial charge in [-0.15, -0.1) is 22.7 Å². The van der Waals surface area contributed by atoms with Gasteiger partial charge in [0.05, 0.1) is 62.0 Å². The molecule has 86 heavy (non-hydrogen) atoms. The van der Waals surface area contributed by atoms with Gasteiger partial charge in [0.15, 0.2) is 11.6 Å². The van der Waals surface area contributed by atoms with Gasteiger partial charge in [-0.3, -0.25) is 38.4 Å². The zero-order chi connectivity index (χ0) is 61.8. The van der Waals surface area contributed by atoms with Crippen LogP contribution in [0.1, 0.15) is 96.4 Å². The van der Waals surface area contributed by atoms with Gasteiger partial charge in [-0.25, -0.2) is 9.97 Å². The van der Waals surface area contributed by atoms with E-state index in [0.717, 1.165) is 42.0 Å². The average Bonchev–Trinajstić information content (AvgIpc) is 4.33. The molecule has 0 spiro atoms. The molecule has 5 N–H and O–H groups in total. The van der Waals surface area contributed by atoms with Crippen LogP contribution >= 0.6 is 22.7 Å². The lowest BCUT2D eigenvalue weighted by Gasteiger charge is -2.24. The highest BCUT2D eigenvalue weighted by atomic mass is 32.1. The van der Waals surface area contributed by atoms with Crippen molar-refractivity contribution in [1.29, 1.82) is 0 Å². The highest BCUT2D eigenvalue weighted by molar-refractivity contribution is 7.11. The monoisotopic (exact) mass is 1220 g/mol. The number of carboxylic acids is 1. The molecule has 2 aliphatic rings. The molecule has 2 saturated heterocycles. The van der Waals surface area contributed by atoms with E-state index in [1.165, 1.54) is 22.7 Å². The summed E-state index contributed by atoms with van der Waals surface area (Å²) in [5.74, 6) is -2.83. The normalized spacial score (nSPS) is 17.5. The molecule has 2 fully saturated rings. The van der Waals surface area contributed by atoms with E-state index >= 15 is 0 Å². The molecule has 0 aliphatic carbocycles. The van der Waals surface area contributed by atoms with Crippen molar-refractivity contribution >= 4 is 69.4 Å². The van der Waals surface area contributed by atoms with Gasteiger partial charge in [0.25, 0.3) is 0 Å². The SMILES string of the molecule is C.COc1ccc(C[C@H](CC(=O)[C@H](C)CC(=O)Cc2cnc(C)s2)C(=O)N[C@@H](Cc2ccccc2)C(=O)C2(C)CO2)cc1.COc1ccc(C[C@H](CC(=O)[C@H](C)N)C(=O)N[C@@H](Cc2ccccc2)C(=O)C2(C)CO2)cc1.Cc1ncc(CC(=O)O)s1. The Morgan fingerprint density at radius 3 is 1.29 bits per heavy atom. The number of rotatable bonds is 30. The van der Waals surface area contributed by atoms with E-state index in [-0.39, 0.29) is 80.3 Å². The Bertz CT molecular complexity index is 3210. The van der Waals surface area contributed by atoms with E-state index in [2.05, 4.69) is 20.6 Å². The summed E-state index contributed by atoms with van der Waals surface area (Å²) >= 11 is 2.89. The Morgan fingerprint density at radius 1 is 0.581 bits per heavy atom. The van der Waals surface area contributed by atoms with Gasteiger partial charge in [0, 0.05) is 65.6 Å². The molecule has 460 valence electrons. The summed E-state index contributed by atoms with van der Waals surface area (Å²) < 4.78 is 21.2. The van der Waals surface area contributed by atoms with Crippen molar-refractivity contribution in [3.05, 3.63) is 164 Å². The van der Waals surface area contributed by atoms with Gasteiger partial charge in [-0.1, -0.05) is 99.3 Å². The van der Waals surface area contributed by atoms with Gasteiger partial charge in [-0.2, -0.15) is 0 Å². The van der Waals surface area contributed by atoms with Crippen molar-refractivity contribution in [2.75, 3.05) is 27.4 Å². The van der Waals surface area contributed by atoms with Gasteiger partial charge < -0.3 is 40.4 Å². The van der Waals surface area contributed by atoms with Crippen molar-refractivity contribution in [3.63, 3.8) is 0 Å². The number of aryl methyl sites for hydroxylation is 2. The molecule has 2 unspecified atom stereocenters. The number of carboxylic acid groups (broad SMARTS) is 1. The fourth-order valence-electron chi connectivity index (χ4n) is 9.26. The summed E-state index contributed by atoms with van der Waals surface area (Å²) in [5, 5.41) is 16.0. The summed E-state index contributed by atoms with van der Waals surface area (Å²) in [5.41, 5.74) is 7.55. The number of nitrogens with one attached hydrogen (secondary N) is 2. The van der Waals surface area contributed by atoms with Crippen LogP contribution < -0.4 is 25.8 Å². The van der Waals surface area contributed by atoms with Crippen LogP contribution in [0.5, 0.6) is 11.5 Å². The lowest BCUT2D eigenvalue weighted by atomic mass is 9.87. The highest BCUT2D eigenvalue weighted by Gasteiger charge is 2.51. The molecule has 4 aromatic carbocycles. The number of methoxy groups -OCH3 is 2. The molecule has 2 amide bonds. The summed E-state index contributed by atoms with van der Waals surface area (Å²) in [4.78, 5) is 112. The van der Waals surface area contributed by atoms with Crippen LogP contribution in [0.4, 0.5) is 0 Å². The van der Waals surface area contributed by atoms with Crippen molar-refractivity contribution in [3.8, 4) is 11.5 Å². The summed E-state index contributed by atoms with van der Waals surface area (Å²) in [6.07, 6.45) is 4.97. The lowest BCUT2D eigenvalue weighted by molar-refractivity contribution is -0.136. The Hall–Kier alpha value is -7.62. The number of ether oxygens (including phenoxy) is 4. The number of hydrogen-bond acceptors (Lipinski definition) is 17. The van der Waals surface area contributed by atoms with Crippen LogP contribution in [-0.2, 0) is 86.4 Å². The zero-order valence-corrected chi connectivity index (χ0v) is 51.1. The minimum absolute atomic E-state index is 0. The summed E-state index contributed by atoms with van der Waals surface area (Å²) in [7, 11) is 3.16. The van der Waals surface area contributed by atoms with Crippen LogP contribution in [0, 0.1) is 31.6 Å². The number of aliphatic carboxylic acids is 1. The number of aromatic nitrogens is 2. The fraction of sp³-hybridized carbons (Fsp3) is 0.424. The maximum atomic E-state index is 13.8. The minimum Gasteiger partial charge on any atom is -0.497 e. The number of nitrogens with two attached hydrogens (primary N) is 1. The first kappa shape index (κ1) is 69.2. The van der Waals surface area contributed by atoms with Gasteiger partial charge in [-0.05, 0) is 107 Å².